The number of benzene rings is 1. The maximum atomic E-state index is 10.9. The van der Waals surface area contributed by atoms with E-state index in [0.717, 1.165) is 12.0 Å². The first-order valence-electron chi connectivity index (χ1n) is 4.79. The zero-order valence-corrected chi connectivity index (χ0v) is 8.69. The van der Waals surface area contributed by atoms with Gasteiger partial charge in [-0.05, 0) is 43.1 Å². The Morgan fingerprint density at radius 3 is 2.80 bits per heavy atom. The Morgan fingerprint density at radius 2 is 2.27 bits per heavy atom. The predicted molar refractivity (Wildman–Crippen MR) is 57.3 cm³/mol. The SMILES string of the molecule is COc1ccc(C(=O)O)c(CCCN)c1. The lowest BCUT2D eigenvalue weighted by atomic mass is 10.0. The van der Waals surface area contributed by atoms with Crippen LogP contribution in [0, 0.1) is 0 Å². The molecule has 0 fully saturated rings. The molecule has 4 nitrogen and oxygen atoms in total. The summed E-state index contributed by atoms with van der Waals surface area (Å²) in [6.45, 7) is 0.552. The van der Waals surface area contributed by atoms with Crippen molar-refractivity contribution >= 4 is 5.97 Å². The van der Waals surface area contributed by atoms with Crippen LogP contribution < -0.4 is 10.5 Å². The van der Waals surface area contributed by atoms with Crippen LogP contribution in [0.25, 0.3) is 0 Å². The summed E-state index contributed by atoms with van der Waals surface area (Å²) in [7, 11) is 1.56. The molecule has 0 aliphatic rings. The molecule has 1 rings (SSSR count). The quantitative estimate of drug-likeness (QED) is 0.766. The van der Waals surface area contributed by atoms with Crippen molar-refractivity contribution in [2.24, 2.45) is 5.73 Å². The first-order valence-corrected chi connectivity index (χ1v) is 4.79. The van der Waals surface area contributed by atoms with E-state index in [2.05, 4.69) is 0 Å². The van der Waals surface area contributed by atoms with Crippen LogP contribution in [-0.2, 0) is 6.42 Å². The average molecular weight is 209 g/mol. The lowest BCUT2D eigenvalue weighted by molar-refractivity contribution is 0.0695. The molecule has 0 radical (unpaired) electrons. The highest BCUT2D eigenvalue weighted by atomic mass is 16.5. The van der Waals surface area contributed by atoms with E-state index in [1.807, 2.05) is 0 Å². The number of hydrogen-bond donors (Lipinski definition) is 2. The molecule has 1 aromatic carbocycles. The highest BCUT2D eigenvalue weighted by molar-refractivity contribution is 5.89. The second-order valence-electron chi connectivity index (χ2n) is 3.22. The fourth-order valence-electron chi connectivity index (χ4n) is 1.41. The minimum Gasteiger partial charge on any atom is -0.497 e. The smallest absolute Gasteiger partial charge is 0.335 e. The van der Waals surface area contributed by atoms with Crippen LogP contribution in [0.4, 0.5) is 0 Å². The number of aromatic carboxylic acids is 1. The molecule has 0 heterocycles. The van der Waals surface area contributed by atoms with Gasteiger partial charge in [0, 0.05) is 0 Å². The van der Waals surface area contributed by atoms with Crippen molar-refractivity contribution in [2.45, 2.75) is 12.8 Å². The highest BCUT2D eigenvalue weighted by Gasteiger charge is 2.10. The minimum atomic E-state index is -0.912. The Balaban J connectivity index is 2.99. The van der Waals surface area contributed by atoms with Gasteiger partial charge in [0.05, 0.1) is 12.7 Å². The Hall–Kier alpha value is -1.55. The van der Waals surface area contributed by atoms with Crippen LogP contribution in [0.1, 0.15) is 22.3 Å². The Morgan fingerprint density at radius 1 is 1.53 bits per heavy atom. The Bertz CT molecular complexity index is 350. The van der Waals surface area contributed by atoms with Crippen LogP contribution in [0.15, 0.2) is 18.2 Å². The summed E-state index contributed by atoms with van der Waals surface area (Å²) >= 11 is 0. The molecule has 15 heavy (non-hydrogen) atoms. The van der Waals surface area contributed by atoms with E-state index in [-0.39, 0.29) is 0 Å². The molecule has 0 saturated carbocycles. The molecule has 3 N–H and O–H groups in total. The van der Waals surface area contributed by atoms with Gasteiger partial charge in [-0.1, -0.05) is 0 Å². The third-order valence-electron chi connectivity index (χ3n) is 2.19. The molecular formula is C11H15NO3. The van der Waals surface area contributed by atoms with Crippen molar-refractivity contribution in [3.8, 4) is 5.75 Å². The number of methoxy groups -OCH3 is 1. The summed E-state index contributed by atoms with van der Waals surface area (Å²) < 4.78 is 5.05. The Kier molecular flexibility index (Phi) is 4.12. The van der Waals surface area contributed by atoms with E-state index in [9.17, 15) is 4.79 Å². The molecule has 4 heteroatoms. The zero-order chi connectivity index (χ0) is 11.3. The molecule has 0 aliphatic carbocycles. The Labute approximate surface area is 88.7 Å². The maximum absolute atomic E-state index is 10.9. The van der Waals surface area contributed by atoms with E-state index in [4.69, 9.17) is 15.6 Å². The van der Waals surface area contributed by atoms with Gasteiger partial charge in [0.15, 0.2) is 0 Å². The summed E-state index contributed by atoms with van der Waals surface area (Å²) in [5.74, 6) is -0.239. The topological polar surface area (TPSA) is 72.5 Å². The minimum absolute atomic E-state index is 0.323. The number of rotatable bonds is 5. The summed E-state index contributed by atoms with van der Waals surface area (Å²) in [5.41, 5.74) is 6.49. The molecule has 0 saturated heterocycles. The summed E-state index contributed by atoms with van der Waals surface area (Å²) in [6, 6.07) is 4.96. The van der Waals surface area contributed by atoms with Gasteiger partial charge < -0.3 is 15.6 Å². The maximum Gasteiger partial charge on any atom is 0.335 e. The molecular weight excluding hydrogens is 194 g/mol. The van der Waals surface area contributed by atoms with Crippen LogP contribution in [0.2, 0.25) is 0 Å². The molecule has 82 valence electrons. The van der Waals surface area contributed by atoms with Crippen LogP contribution in [-0.4, -0.2) is 24.7 Å². The fourth-order valence-corrected chi connectivity index (χ4v) is 1.41. The van der Waals surface area contributed by atoms with E-state index >= 15 is 0 Å². The number of nitrogens with two attached hydrogens (primary N) is 1. The van der Waals surface area contributed by atoms with Gasteiger partial charge in [0.2, 0.25) is 0 Å². The largest absolute Gasteiger partial charge is 0.497 e. The van der Waals surface area contributed by atoms with Crippen molar-refractivity contribution in [3.05, 3.63) is 29.3 Å². The summed E-state index contributed by atoms with van der Waals surface area (Å²) in [4.78, 5) is 10.9. The second kappa shape index (κ2) is 5.36. The van der Waals surface area contributed by atoms with Gasteiger partial charge in [0.25, 0.3) is 0 Å². The monoisotopic (exact) mass is 209 g/mol. The predicted octanol–water partition coefficient (Wildman–Crippen LogP) is 1.28. The molecule has 0 bridgehead atoms. The van der Waals surface area contributed by atoms with Crippen LogP contribution in [0.3, 0.4) is 0 Å². The molecule has 0 unspecified atom stereocenters. The standard InChI is InChI=1S/C11H15NO3/c1-15-9-4-5-10(11(13)14)8(7-9)3-2-6-12/h4-5,7H,2-3,6,12H2,1H3,(H,13,14). The third-order valence-corrected chi connectivity index (χ3v) is 2.19. The van der Waals surface area contributed by atoms with E-state index in [1.54, 1.807) is 25.3 Å². The first-order chi connectivity index (χ1) is 7.19. The average Bonchev–Trinajstić information content (AvgIpc) is 2.25. The van der Waals surface area contributed by atoms with Gasteiger partial charge in [-0.25, -0.2) is 4.79 Å². The van der Waals surface area contributed by atoms with Gasteiger partial charge in [-0.3, -0.25) is 0 Å². The van der Waals surface area contributed by atoms with E-state index in [0.29, 0.717) is 24.3 Å². The number of carbonyl (C=O) groups is 1. The zero-order valence-electron chi connectivity index (χ0n) is 8.69. The molecule has 0 aliphatic heterocycles. The lowest BCUT2D eigenvalue weighted by Gasteiger charge is -2.07. The van der Waals surface area contributed by atoms with Crippen molar-refractivity contribution in [3.63, 3.8) is 0 Å². The van der Waals surface area contributed by atoms with Crippen molar-refractivity contribution in [1.82, 2.24) is 0 Å². The van der Waals surface area contributed by atoms with Crippen LogP contribution in [0.5, 0.6) is 5.75 Å². The number of carboxylic acid groups (broad SMARTS) is 1. The normalized spacial score (nSPS) is 10.0. The molecule has 0 aromatic heterocycles. The number of ether oxygens (including phenoxy) is 1. The summed E-state index contributed by atoms with van der Waals surface area (Å²) in [6.07, 6.45) is 1.43. The van der Waals surface area contributed by atoms with Crippen molar-refractivity contribution in [1.29, 1.82) is 0 Å². The van der Waals surface area contributed by atoms with E-state index in [1.165, 1.54) is 0 Å². The number of aryl methyl sites for hydroxylation is 1. The number of hydrogen-bond acceptors (Lipinski definition) is 3. The summed E-state index contributed by atoms with van der Waals surface area (Å²) in [5, 5.41) is 8.96. The molecule has 0 spiro atoms. The molecule has 1 aromatic rings. The van der Waals surface area contributed by atoms with Crippen molar-refractivity contribution in [2.75, 3.05) is 13.7 Å². The van der Waals surface area contributed by atoms with Crippen LogP contribution >= 0.6 is 0 Å². The molecule has 0 amide bonds. The van der Waals surface area contributed by atoms with Crippen molar-refractivity contribution < 1.29 is 14.6 Å². The van der Waals surface area contributed by atoms with Gasteiger partial charge in [-0.2, -0.15) is 0 Å². The van der Waals surface area contributed by atoms with E-state index < -0.39 is 5.97 Å². The third kappa shape index (κ3) is 2.95. The van der Waals surface area contributed by atoms with Gasteiger partial charge >= 0.3 is 5.97 Å². The second-order valence-corrected chi connectivity index (χ2v) is 3.22. The van der Waals surface area contributed by atoms with Gasteiger partial charge in [0.1, 0.15) is 5.75 Å². The first kappa shape index (κ1) is 11.5. The fraction of sp³-hybridized carbons (Fsp3) is 0.364. The highest BCUT2D eigenvalue weighted by Crippen LogP contribution is 2.19. The van der Waals surface area contributed by atoms with Gasteiger partial charge in [-0.15, -0.1) is 0 Å². The molecule has 0 atom stereocenters. The lowest BCUT2D eigenvalue weighted by Crippen LogP contribution is -2.06. The number of carboxylic acids is 1.